The number of aldehydes is 1. The second kappa shape index (κ2) is 12.8. The molecule has 1 aliphatic heterocycles. The minimum absolute atomic E-state index is 0.0844. The van der Waals surface area contributed by atoms with Gasteiger partial charge in [-0.15, -0.1) is 0 Å². The van der Waals surface area contributed by atoms with Gasteiger partial charge in [-0.3, -0.25) is 14.7 Å². The van der Waals surface area contributed by atoms with Crippen LogP contribution >= 0.6 is 12.2 Å². The minimum Gasteiger partial charge on any atom is -0.494 e. The molecule has 13 heteroatoms. The first kappa shape index (κ1) is 31.5. The lowest BCUT2D eigenvalue weighted by Crippen LogP contribution is -2.44. The number of pyridine rings is 1. The molecule has 0 radical (unpaired) electrons. The molecule has 0 spiro atoms. The Bertz CT molecular complexity index is 1550. The van der Waals surface area contributed by atoms with Crippen LogP contribution in [-0.4, -0.2) is 47.6 Å². The molecule has 8 nitrogen and oxygen atoms in total. The van der Waals surface area contributed by atoms with Crippen LogP contribution in [0.5, 0.6) is 5.75 Å². The molecule has 43 heavy (non-hydrogen) atoms. The lowest BCUT2D eigenvalue weighted by Gasteiger charge is -2.29. The van der Waals surface area contributed by atoms with Gasteiger partial charge < -0.3 is 19.2 Å². The van der Waals surface area contributed by atoms with Crippen LogP contribution in [0.4, 0.5) is 28.9 Å². The summed E-state index contributed by atoms with van der Waals surface area (Å²) in [5.74, 6) is -1.84. The van der Waals surface area contributed by atoms with Gasteiger partial charge in [0.25, 0.3) is 5.91 Å². The van der Waals surface area contributed by atoms with Crippen molar-refractivity contribution >= 4 is 40.9 Å². The number of nitriles is 1. The van der Waals surface area contributed by atoms with E-state index < -0.39 is 40.3 Å². The van der Waals surface area contributed by atoms with E-state index in [1.807, 2.05) is 12.1 Å². The van der Waals surface area contributed by atoms with Crippen molar-refractivity contribution in [1.82, 2.24) is 4.98 Å². The van der Waals surface area contributed by atoms with Gasteiger partial charge in [-0.05, 0) is 87.4 Å². The third-order valence-corrected chi connectivity index (χ3v) is 7.09. The van der Waals surface area contributed by atoms with Gasteiger partial charge in [-0.25, -0.2) is 4.39 Å². The fraction of sp³-hybridized carbons (Fsp3) is 0.300. The van der Waals surface area contributed by atoms with Gasteiger partial charge >= 0.3 is 6.18 Å². The lowest BCUT2D eigenvalue weighted by molar-refractivity contribution is -0.140. The van der Waals surface area contributed by atoms with Crippen molar-refractivity contribution in [2.75, 3.05) is 29.6 Å². The molecule has 2 aromatic carbocycles. The number of unbranched alkanes of at least 4 members (excludes halogenated alkanes) is 1. The zero-order valence-corrected chi connectivity index (χ0v) is 24.0. The average molecular weight is 615 g/mol. The van der Waals surface area contributed by atoms with E-state index in [1.165, 1.54) is 31.0 Å². The van der Waals surface area contributed by atoms with Gasteiger partial charge in [0.05, 0.1) is 41.5 Å². The van der Waals surface area contributed by atoms with E-state index in [0.717, 1.165) is 30.5 Å². The molecule has 0 saturated carbocycles. The van der Waals surface area contributed by atoms with Crippen LogP contribution in [0, 0.1) is 17.1 Å². The number of carbonyl (C=O) groups is 2. The van der Waals surface area contributed by atoms with E-state index in [-0.39, 0.29) is 11.7 Å². The first-order chi connectivity index (χ1) is 20.4. The van der Waals surface area contributed by atoms with Crippen LogP contribution in [0.3, 0.4) is 0 Å². The van der Waals surface area contributed by atoms with Crippen molar-refractivity contribution in [3.63, 3.8) is 0 Å². The zero-order valence-electron chi connectivity index (χ0n) is 23.2. The normalized spacial score (nSPS) is 14.6. The van der Waals surface area contributed by atoms with Crippen molar-refractivity contribution in [2.45, 2.75) is 38.4 Å². The number of ether oxygens (including phenoxy) is 2. The number of anilines is 2. The van der Waals surface area contributed by atoms with Crippen molar-refractivity contribution in [1.29, 1.82) is 5.26 Å². The van der Waals surface area contributed by atoms with Crippen molar-refractivity contribution < 1.29 is 36.6 Å². The van der Waals surface area contributed by atoms with Crippen LogP contribution in [0.1, 0.15) is 37.8 Å². The Balaban J connectivity index is 1.51. The highest BCUT2D eigenvalue weighted by Crippen LogP contribution is 2.42. The number of nitrogens with zero attached hydrogens (tertiary/aromatic N) is 4. The number of halogens is 4. The highest BCUT2D eigenvalue weighted by atomic mass is 32.1. The number of aromatic nitrogens is 1. The first-order valence-corrected chi connectivity index (χ1v) is 13.5. The third kappa shape index (κ3) is 6.50. The molecule has 224 valence electrons. The molecule has 1 aromatic heterocycles. The van der Waals surface area contributed by atoms with Crippen LogP contribution in [-0.2, 0) is 20.5 Å². The molecule has 1 saturated heterocycles. The molecule has 4 rings (SSSR count). The number of rotatable bonds is 11. The van der Waals surface area contributed by atoms with Gasteiger partial charge in [-0.2, -0.15) is 18.4 Å². The highest BCUT2D eigenvalue weighted by molar-refractivity contribution is 7.81. The largest absolute Gasteiger partial charge is 0.494 e. The number of hydrogen-bond donors (Lipinski definition) is 0. The monoisotopic (exact) mass is 614 g/mol. The van der Waals surface area contributed by atoms with E-state index in [9.17, 15) is 22.8 Å². The predicted octanol–water partition coefficient (Wildman–Crippen LogP) is 6.07. The zero-order chi connectivity index (χ0) is 31.4. The molecule has 2 heterocycles. The van der Waals surface area contributed by atoms with E-state index in [1.54, 1.807) is 24.3 Å². The topological polar surface area (TPSA) is 95.8 Å². The Morgan fingerprint density at radius 2 is 1.77 bits per heavy atom. The quantitative estimate of drug-likeness (QED) is 0.111. The standard InChI is InChI=1S/C30H26F4N4O4S/c1-29(2)27(40)37(24-12-7-20(17-35)25(26(24)31)30(32,33)34)28(43)38(29)21-8-11-23(36-18-21)19-5-9-22(10-6-19)42-15-4-3-14-41-16-13-39/h5-13,18H,3-4,14-16H2,1-2H3. The third-order valence-electron chi connectivity index (χ3n) is 6.73. The molecular weight excluding hydrogens is 588 g/mol. The summed E-state index contributed by atoms with van der Waals surface area (Å²) in [6, 6.07) is 13.7. The maximum absolute atomic E-state index is 15.2. The Labute approximate surface area is 250 Å². The van der Waals surface area contributed by atoms with Crippen molar-refractivity contribution in [2.24, 2.45) is 0 Å². The SMILES string of the molecule is CC1(C)C(=O)N(c2ccc(C#N)c(C(F)(F)F)c2F)C(=S)N1c1ccc(-c2ccc(OCCCCOCC=O)cc2)nc1. The second-order valence-electron chi connectivity index (χ2n) is 9.97. The Hall–Kier alpha value is -4.41. The van der Waals surface area contributed by atoms with Gasteiger partial charge in [0.15, 0.2) is 10.9 Å². The summed E-state index contributed by atoms with van der Waals surface area (Å²) >= 11 is 5.48. The molecule has 0 unspecified atom stereocenters. The maximum Gasteiger partial charge on any atom is 0.420 e. The molecule has 0 atom stereocenters. The summed E-state index contributed by atoms with van der Waals surface area (Å²) in [7, 11) is 0. The fourth-order valence-electron chi connectivity index (χ4n) is 4.59. The number of amides is 1. The molecule has 1 fully saturated rings. The molecule has 0 aliphatic carbocycles. The molecule has 1 aliphatic rings. The fourth-order valence-corrected chi connectivity index (χ4v) is 5.10. The number of hydrogen-bond acceptors (Lipinski definition) is 7. The molecule has 1 amide bonds. The number of thiocarbonyl (C=S) groups is 1. The number of alkyl halides is 3. The van der Waals surface area contributed by atoms with Gasteiger partial charge in [0.1, 0.15) is 29.7 Å². The maximum atomic E-state index is 15.2. The van der Waals surface area contributed by atoms with Gasteiger partial charge in [0.2, 0.25) is 0 Å². The van der Waals surface area contributed by atoms with Crippen LogP contribution < -0.4 is 14.5 Å². The van der Waals surface area contributed by atoms with Crippen LogP contribution in [0.2, 0.25) is 0 Å². The van der Waals surface area contributed by atoms with Crippen LogP contribution in [0.25, 0.3) is 11.3 Å². The van der Waals surface area contributed by atoms with E-state index in [0.29, 0.717) is 41.5 Å². The average Bonchev–Trinajstić information content (AvgIpc) is 3.14. The van der Waals surface area contributed by atoms with Crippen LogP contribution in [0.15, 0.2) is 54.7 Å². The van der Waals surface area contributed by atoms with E-state index >= 15 is 4.39 Å². The summed E-state index contributed by atoms with van der Waals surface area (Å²) in [5, 5.41) is 8.84. The second-order valence-corrected chi connectivity index (χ2v) is 10.3. The molecule has 3 aromatic rings. The highest BCUT2D eigenvalue weighted by Gasteiger charge is 2.52. The summed E-state index contributed by atoms with van der Waals surface area (Å²) in [6.45, 7) is 4.08. The summed E-state index contributed by atoms with van der Waals surface area (Å²) in [4.78, 5) is 30.2. The summed E-state index contributed by atoms with van der Waals surface area (Å²) < 4.78 is 66.9. The first-order valence-electron chi connectivity index (χ1n) is 13.1. The Morgan fingerprint density at radius 1 is 1.07 bits per heavy atom. The lowest BCUT2D eigenvalue weighted by atomic mass is 10.0. The number of benzene rings is 2. The summed E-state index contributed by atoms with van der Waals surface area (Å²) in [6.07, 6.45) is -1.47. The van der Waals surface area contributed by atoms with Gasteiger partial charge in [0, 0.05) is 12.2 Å². The minimum atomic E-state index is -5.16. The molecule has 0 bridgehead atoms. The molecule has 0 N–H and O–H groups in total. The van der Waals surface area contributed by atoms with E-state index in [2.05, 4.69) is 4.98 Å². The number of carbonyl (C=O) groups excluding carboxylic acids is 2. The predicted molar refractivity (Wildman–Crippen MR) is 154 cm³/mol. The van der Waals surface area contributed by atoms with E-state index in [4.69, 9.17) is 27.0 Å². The molecular formula is C30H26F4N4O4S. The Kier molecular flexibility index (Phi) is 9.42. The smallest absolute Gasteiger partial charge is 0.420 e. The summed E-state index contributed by atoms with van der Waals surface area (Å²) in [5.41, 5.74) is -3.00. The van der Waals surface area contributed by atoms with Crippen molar-refractivity contribution in [3.8, 4) is 23.1 Å². The Morgan fingerprint density at radius 3 is 2.37 bits per heavy atom. The van der Waals surface area contributed by atoms with Crippen molar-refractivity contribution in [3.05, 3.63) is 71.7 Å². The van der Waals surface area contributed by atoms with Gasteiger partial charge in [-0.1, -0.05) is 0 Å².